The van der Waals surface area contributed by atoms with E-state index in [0.29, 0.717) is 0 Å². The van der Waals surface area contributed by atoms with Gasteiger partial charge in [-0.25, -0.2) is 0 Å². The minimum Gasteiger partial charge on any atom is -0.107 e. The molecule has 1 atom stereocenters. The van der Waals surface area contributed by atoms with Crippen molar-refractivity contribution in [3.8, 4) is 0 Å². The molecule has 42 valence electrons. The molecule has 0 aliphatic carbocycles. The molecule has 8 heavy (non-hydrogen) atoms. The molecule has 1 aliphatic heterocycles. The lowest BCUT2D eigenvalue weighted by Crippen LogP contribution is -2.03. The predicted molar refractivity (Wildman–Crippen MR) is 40.2 cm³/mol. The summed E-state index contributed by atoms with van der Waals surface area (Å²) < 4.78 is 0. The summed E-state index contributed by atoms with van der Waals surface area (Å²) in [4.78, 5) is 0. The second kappa shape index (κ2) is 2.14. The predicted octanol–water partition coefficient (Wildman–Crippen LogP) is 1.53. The largest absolute Gasteiger partial charge is 0.112 e. The monoisotopic (exact) mass is 122 g/mol. The van der Waals surface area contributed by atoms with Crippen LogP contribution in [-0.4, -0.2) is 8.80 Å². The quantitative estimate of drug-likeness (QED) is 0.463. The number of hydrogen-bond acceptors (Lipinski definition) is 0. The van der Waals surface area contributed by atoms with E-state index in [1.165, 1.54) is 5.20 Å². The molecule has 1 unspecified atom stereocenters. The molecule has 0 aromatic heterocycles. The van der Waals surface area contributed by atoms with Gasteiger partial charge in [-0.1, -0.05) is 28.7 Å². The molecule has 0 saturated heterocycles. The summed E-state index contributed by atoms with van der Waals surface area (Å²) in [7, 11) is -0.710. The smallest absolute Gasteiger partial charge is 0.107 e. The van der Waals surface area contributed by atoms with Crippen molar-refractivity contribution in [2.45, 2.75) is 6.92 Å². The molecule has 1 heterocycles. The minimum absolute atomic E-state index is 0.710. The van der Waals surface area contributed by atoms with Crippen molar-refractivity contribution in [3.63, 3.8) is 0 Å². The molecule has 1 heteroatoms. The maximum Gasteiger partial charge on any atom is 0.112 e. The van der Waals surface area contributed by atoms with Crippen LogP contribution in [0.25, 0.3) is 0 Å². The van der Waals surface area contributed by atoms with Gasteiger partial charge < -0.3 is 0 Å². The summed E-state index contributed by atoms with van der Waals surface area (Å²) in [5.74, 6) is 0. The molecule has 0 N–H and O–H groups in total. The third-order valence-electron chi connectivity index (χ3n) is 1.46. The van der Waals surface area contributed by atoms with E-state index >= 15 is 0 Å². The van der Waals surface area contributed by atoms with Crippen LogP contribution in [0.2, 0.25) is 0 Å². The highest BCUT2D eigenvalue weighted by Crippen LogP contribution is 2.08. The van der Waals surface area contributed by atoms with Gasteiger partial charge in [-0.15, -0.1) is 6.58 Å². The van der Waals surface area contributed by atoms with Gasteiger partial charge in [0, 0.05) is 0 Å². The van der Waals surface area contributed by atoms with Crippen molar-refractivity contribution in [2.75, 3.05) is 0 Å². The molecule has 0 radical (unpaired) electrons. The van der Waals surface area contributed by atoms with Crippen molar-refractivity contribution < 1.29 is 0 Å². The first kappa shape index (κ1) is 5.57. The third-order valence-corrected chi connectivity index (χ3v) is 3.85. The maximum absolute atomic E-state index is 3.76. The molecule has 0 fully saturated rings. The van der Waals surface area contributed by atoms with Gasteiger partial charge in [0.15, 0.2) is 0 Å². The molecule has 0 aromatic rings. The molecule has 0 aromatic carbocycles. The first-order valence-electron chi connectivity index (χ1n) is 2.82. The van der Waals surface area contributed by atoms with Crippen LogP contribution in [0.1, 0.15) is 6.92 Å². The van der Waals surface area contributed by atoms with Crippen LogP contribution in [0.4, 0.5) is 0 Å². The van der Waals surface area contributed by atoms with Crippen LogP contribution in [0.15, 0.2) is 35.3 Å². The van der Waals surface area contributed by atoms with E-state index in [1.807, 2.05) is 0 Å². The second-order valence-corrected chi connectivity index (χ2v) is 4.88. The lowest BCUT2D eigenvalue weighted by Gasteiger charge is -1.96. The van der Waals surface area contributed by atoms with Gasteiger partial charge in [-0.3, -0.25) is 0 Å². The molecular formula is C7H10Si. The van der Waals surface area contributed by atoms with E-state index in [4.69, 9.17) is 0 Å². The van der Waals surface area contributed by atoms with Crippen molar-refractivity contribution >= 4 is 8.80 Å². The van der Waals surface area contributed by atoms with E-state index in [0.717, 1.165) is 0 Å². The van der Waals surface area contributed by atoms with Crippen molar-refractivity contribution in [3.05, 3.63) is 35.3 Å². The van der Waals surface area contributed by atoms with Gasteiger partial charge in [0.25, 0.3) is 0 Å². The van der Waals surface area contributed by atoms with Gasteiger partial charge in [-0.05, 0) is 6.92 Å². The normalized spacial score (nSPS) is 25.6. The van der Waals surface area contributed by atoms with Gasteiger partial charge in [0.05, 0.1) is 0 Å². The Morgan fingerprint density at radius 2 is 2.50 bits per heavy atom. The fourth-order valence-corrected chi connectivity index (χ4v) is 2.37. The Morgan fingerprint density at radius 1 is 1.75 bits per heavy atom. The summed E-state index contributed by atoms with van der Waals surface area (Å²) in [6.45, 7) is 5.94. The molecule has 0 saturated carbocycles. The van der Waals surface area contributed by atoms with Crippen molar-refractivity contribution in [2.24, 2.45) is 0 Å². The summed E-state index contributed by atoms with van der Waals surface area (Å²) in [6.07, 6.45) is 4.31. The molecule has 0 nitrogen and oxygen atoms in total. The standard InChI is InChI=1S/C7H10Si/c1-3-8-6-4-5-7(8)2/h3-6,8H,1H2,2H3. The van der Waals surface area contributed by atoms with Crippen LogP contribution in [0.3, 0.4) is 0 Å². The average molecular weight is 122 g/mol. The zero-order valence-corrected chi connectivity index (χ0v) is 6.25. The van der Waals surface area contributed by atoms with Crippen LogP contribution >= 0.6 is 0 Å². The fraction of sp³-hybridized carbons (Fsp3) is 0.143. The molecule has 0 spiro atoms. The van der Waals surface area contributed by atoms with E-state index in [1.54, 1.807) is 0 Å². The molecular weight excluding hydrogens is 112 g/mol. The maximum atomic E-state index is 3.76. The first-order chi connectivity index (χ1) is 3.84. The van der Waals surface area contributed by atoms with E-state index < -0.39 is 8.80 Å². The Bertz CT molecular complexity index is 154. The summed E-state index contributed by atoms with van der Waals surface area (Å²) >= 11 is 0. The van der Waals surface area contributed by atoms with Crippen LogP contribution < -0.4 is 0 Å². The second-order valence-electron chi connectivity index (χ2n) is 2.06. The topological polar surface area (TPSA) is 0 Å². The lowest BCUT2D eigenvalue weighted by atomic mass is 10.5. The van der Waals surface area contributed by atoms with Gasteiger partial charge >= 0.3 is 0 Å². The highest BCUT2D eigenvalue weighted by molar-refractivity contribution is 6.77. The number of allylic oxidation sites excluding steroid dienone is 3. The van der Waals surface area contributed by atoms with E-state index in [-0.39, 0.29) is 0 Å². The number of rotatable bonds is 1. The fourth-order valence-electron chi connectivity index (χ4n) is 0.854. The van der Waals surface area contributed by atoms with Crippen LogP contribution in [-0.2, 0) is 0 Å². The highest BCUT2D eigenvalue weighted by Gasteiger charge is 2.05. The van der Waals surface area contributed by atoms with Gasteiger partial charge in [0.2, 0.25) is 0 Å². The molecule has 0 amide bonds. The van der Waals surface area contributed by atoms with Gasteiger partial charge in [0.1, 0.15) is 8.80 Å². The minimum atomic E-state index is -0.710. The third kappa shape index (κ3) is 0.818. The van der Waals surface area contributed by atoms with Crippen LogP contribution in [0.5, 0.6) is 0 Å². The highest BCUT2D eigenvalue weighted by atomic mass is 28.3. The molecule has 0 bridgehead atoms. The van der Waals surface area contributed by atoms with E-state index in [2.05, 4.69) is 37.1 Å². The lowest BCUT2D eigenvalue weighted by molar-refractivity contribution is 1.66. The average Bonchev–Trinajstić information content (AvgIpc) is 2.14. The van der Waals surface area contributed by atoms with Crippen molar-refractivity contribution in [1.29, 1.82) is 0 Å². The Labute approximate surface area is 51.8 Å². The summed E-state index contributed by atoms with van der Waals surface area (Å²) in [5, 5.41) is 1.53. The summed E-state index contributed by atoms with van der Waals surface area (Å²) in [6, 6.07) is 0. The Hall–Kier alpha value is -0.563. The molecule has 1 aliphatic rings. The van der Waals surface area contributed by atoms with Crippen molar-refractivity contribution in [1.82, 2.24) is 0 Å². The van der Waals surface area contributed by atoms with Gasteiger partial charge in [-0.2, -0.15) is 0 Å². The SMILES string of the molecule is C=C[SiH]1C=CC=C1C. The molecule has 1 rings (SSSR count). The zero-order valence-electron chi connectivity index (χ0n) is 5.09. The Kier molecular flexibility index (Phi) is 1.49. The van der Waals surface area contributed by atoms with Crippen LogP contribution in [0, 0.1) is 0 Å². The Morgan fingerprint density at radius 3 is 2.75 bits per heavy atom. The first-order valence-corrected chi connectivity index (χ1v) is 4.73. The zero-order chi connectivity index (χ0) is 5.98. The number of hydrogen-bond donors (Lipinski definition) is 0. The Balaban J connectivity index is 2.71. The summed E-state index contributed by atoms with van der Waals surface area (Å²) in [5.41, 5.74) is 4.37. The van der Waals surface area contributed by atoms with E-state index in [9.17, 15) is 0 Å².